The van der Waals surface area contributed by atoms with Crippen molar-refractivity contribution < 1.29 is 9.13 Å². The maximum absolute atomic E-state index is 13.1. The molecule has 0 spiro atoms. The molecular weight excluding hydrogens is 356 g/mol. The summed E-state index contributed by atoms with van der Waals surface area (Å²) >= 11 is 2.12. The molecule has 2 aromatic rings. The fraction of sp³-hybridized carbons (Fsp3) is 0.200. The largest absolute Gasteiger partial charge is 0.497 e. The molecule has 0 amide bonds. The minimum atomic E-state index is -0.232. The van der Waals surface area contributed by atoms with Crippen LogP contribution in [0.5, 0.6) is 5.75 Å². The van der Waals surface area contributed by atoms with Gasteiger partial charge in [0, 0.05) is 9.61 Å². The Morgan fingerprint density at radius 1 is 1.21 bits per heavy atom. The number of rotatable bonds is 4. The molecule has 0 aliphatic carbocycles. The molecule has 2 N–H and O–H groups in total. The Kier molecular flexibility index (Phi) is 4.76. The molecule has 0 bridgehead atoms. The van der Waals surface area contributed by atoms with Crippen LogP contribution >= 0.6 is 22.6 Å². The van der Waals surface area contributed by atoms with E-state index in [2.05, 4.69) is 22.6 Å². The topological polar surface area (TPSA) is 35.2 Å². The van der Waals surface area contributed by atoms with Crippen LogP contribution < -0.4 is 10.5 Å². The van der Waals surface area contributed by atoms with Crippen molar-refractivity contribution in [2.75, 3.05) is 7.11 Å². The van der Waals surface area contributed by atoms with E-state index in [0.717, 1.165) is 20.4 Å². The molecule has 19 heavy (non-hydrogen) atoms. The zero-order valence-electron chi connectivity index (χ0n) is 10.6. The molecule has 2 aromatic carbocycles. The molecule has 0 aliphatic rings. The second kappa shape index (κ2) is 6.34. The molecule has 0 fully saturated rings. The molecular formula is C15H15FINO. The van der Waals surface area contributed by atoms with E-state index in [1.165, 1.54) is 12.1 Å². The predicted molar refractivity (Wildman–Crippen MR) is 82.7 cm³/mol. The van der Waals surface area contributed by atoms with Crippen molar-refractivity contribution in [2.24, 2.45) is 5.73 Å². The molecule has 0 saturated heterocycles. The average Bonchev–Trinajstić information content (AvgIpc) is 2.39. The summed E-state index contributed by atoms with van der Waals surface area (Å²) in [5, 5.41) is 0. The van der Waals surface area contributed by atoms with Crippen LogP contribution in [0, 0.1) is 9.39 Å². The lowest BCUT2D eigenvalue weighted by atomic mass is 10.00. The first-order chi connectivity index (χ1) is 9.10. The van der Waals surface area contributed by atoms with E-state index in [-0.39, 0.29) is 11.9 Å². The number of benzene rings is 2. The second-order valence-electron chi connectivity index (χ2n) is 4.32. The lowest BCUT2D eigenvalue weighted by Gasteiger charge is -2.14. The summed E-state index contributed by atoms with van der Waals surface area (Å²) in [6, 6.07) is 12.4. The maximum atomic E-state index is 13.1. The summed E-state index contributed by atoms with van der Waals surface area (Å²) in [5.41, 5.74) is 8.29. The lowest BCUT2D eigenvalue weighted by Crippen LogP contribution is -2.14. The summed E-state index contributed by atoms with van der Waals surface area (Å²) < 4.78 is 19.0. The van der Waals surface area contributed by atoms with E-state index < -0.39 is 0 Å². The third-order valence-electron chi connectivity index (χ3n) is 2.98. The predicted octanol–water partition coefficient (Wildman–Crippen LogP) is 3.68. The van der Waals surface area contributed by atoms with Crippen LogP contribution in [0.4, 0.5) is 4.39 Å². The summed E-state index contributed by atoms with van der Waals surface area (Å²) in [6.45, 7) is 0. The van der Waals surface area contributed by atoms with Crippen LogP contribution in [-0.4, -0.2) is 7.11 Å². The van der Waals surface area contributed by atoms with Crippen molar-refractivity contribution in [3.05, 3.63) is 63.0 Å². The van der Waals surface area contributed by atoms with Gasteiger partial charge in [0.2, 0.25) is 0 Å². The minimum absolute atomic E-state index is 0.138. The molecule has 4 heteroatoms. The summed E-state index contributed by atoms with van der Waals surface area (Å²) in [5.74, 6) is 0.596. The molecule has 0 radical (unpaired) electrons. The number of nitrogens with two attached hydrogens (primary N) is 1. The quantitative estimate of drug-likeness (QED) is 0.833. The smallest absolute Gasteiger partial charge is 0.124 e. The molecule has 2 nitrogen and oxygen atoms in total. The van der Waals surface area contributed by atoms with Crippen LogP contribution in [0.1, 0.15) is 17.2 Å². The zero-order valence-corrected chi connectivity index (χ0v) is 12.7. The van der Waals surface area contributed by atoms with Gasteiger partial charge in [-0.15, -0.1) is 0 Å². The molecule has 0 saturated carbocycles. The summed E-state index contributed by atoms with van der Waals surface area (Å²) in [4.78, 5) is 0. The van der Waals surface area contributed by atoms with Gasteiger partial charge in [0.25, 0.3) is 0 Å². The van der Waals surface area contributed by atoms with Crippen LogP contribution in [0.15, 0.2) is 42.5 Å². The number of ether oxygens (including phenoxy) is 1. The SMILES string of the molecule is COc1ccc(CC(N)c2ccc(F)cc2I)cc1. The zero-order chi connectivity index (χ0) is 13.8. The van der Waals surface area contributed by atoms with E-state index in [4.69, 9.17) is 10.5 Å². The lowest BCUT2D eigenvalue weighted by molar-refractivity contribution is 0.414. The van der Waals surface area contributed by atoms with Gasteiger partial charge >= 0.3 is 0 Å². The van der Waals surface area contributed by atoms with E-state index in [1.54, 1.807) is 13.2 Å². The molecule has 0 heterocycles. The van der Waals surface area contributed by atoms with Gasteiger partial charge in [0.05, 0.1) is 7.11 Å². The van der Waals surface area contributed by atoms with Gasteiger partial charge in [-0.2, -0.15) is 0 Å². The molecule has 2 rings (SSSR count). The van der Waals surface area contributed by atoms with Gasteiger partial charge in [0.1, 0.15) is 11.6 Å². The highest BCUT2D eigenvalue weighted by atomic mass is 127. The highest BCUT2D eigenvalue weighted by Gasteiger charge is 2.11. The van der Waals surface area contributed by atoms with E-state index in [9.17, 15) is 4.39 Å². The fourth-order valence-corrected chi connectivity index (χ4v) is 2.80. The van der Waals surface area contributed by atoms with Crippen LogP contribution in [0.2, 0.25) is 0 Å². The highest BCUT2D eigenvalue weighted by molar-refractivity contribution is 14.1. The Hall–Kier alpha value is -1.14. The maximum Gasteiger partial charge on any atom is 0.124 e. The monoisotopic (exact) mass is 371 g/mol. The molecule has 0 aromatic heterocycles. The Balaban J connectivity index is 2.13. The fourth-order valence-electron chi connectivity index (χ4n) is 1.93. The molecule has 1 atom stereocenters. The molecule has 0 aliphatic heterocycles. The molecule has 1 unspecified atom stereocenters. The van der Waals surface area contributed by atoms with Gasteiger partial charge in [-0.1, -0.05) is 18.2 Å². The van der Waals surface area contributed by atoms with Gasteiger partial charge in [-0.25, -0.2) is 4.39 Å². The van der Waals surface area contributed by atoms with Gasteiger partial charge in [0.15, 0.2) is 0 Å². The summed E-state index contributed by atoms with van der Waals surface area (Å²) in [7, 11) is 1.64. The first-order valence-electron chi connectivity index (χ1n) is 5.93. The van der Waals surface area contributed by atoms with E-state index >= 15 is 0 Å². The number of hydrogen-bond donors (Lipinski definition) is 1. The second-order valence-corrected chi connectivity index (χ2v) is 5.49. The number of halogens is 2. The van der Waals surface area contributed by atoms with Crippen molar-refractivity contribution in [1.29, 1.82) is 0 Å². The van der Waals surface area contributed by atoms with E-state index in [1.807, 2.05) is 24.3 Å². The number of hydrogen-bond acceptors (Lipinski definition) is 2. The van der Waals surface area contributed by atoms with Crippen LogP contribution in [0.3, 0.4) is 0 Å². The van der Waals surface area contributed by atoms with Gasteiger partial charge in [-0.05, 0) is 64.4 Å². The third kappa shape index (κ3) is 3.67. The first kappa shape index (κ1) is 14.3. The van der Waals surface area contributed by atoms with Crippen molar-refractivity contribution in [2.45, 2.75) is 12.5 Å². The standard InChI is InChI=1S/C15H15FINO/c1-19-12-5-2-10(3-6-12)8-15(18)13-7-4-11(16)9-14(13)17/h2-7,9,15H,8,18H2,1H3. The normalized spacial score (nSPS) is 12.2. The number of methoxy groups -OCH3 is 1. The van der Waals surface area contributed by atoms with Crippen molar-refractivity contribution >= 4 is 22.6 Å². The molecule has 100 valence electrons. The van der Waals surface area contributed by atoms with Gasteiger partial charge < -0.3 is 10.5 Å². The van der Waals surface area contributed by atoms with E-state index in [0.29, 0.717) is 6.42 Å². The Labute approximate surface area is 125 Å². The Morgan fingerprint density at radius 3 is 2.47 bits per heavy atom. The van der Waals surface area contributed by atoms with Crippen molar-refractivity contribution in [1.82, 2.24) is 0 Å². The highest BCUT2D eigenvalue weighted by Crippen LogP contribution is 2.23. The van der Waals surface area contributed by atoms with Crippen molar-refractivity contribution in [3.8, 4) is 5.75 Å². The Morgan fingerprint density at radius 2 is 1.89 bits per heavy atom. The first-order valence-corrected chi connectivity index (χ1v) is 7.01. The third-order valence-corrected chi connectivity index (χ3v) is 3.91. The summed E-state index contributed by atoms with van der Waals surface area (Å²) in [6.07, 6.45) is 0.714. The van der Waals surface area contributed by atoms with Gasteiger partial charge in [-0.3, -0.25) is 0 Å². The Bertz CT molecular complexity index is 557. The van der Waals surface area contributed by atoms with Crippen molar-refractivity contribution in [3.63, 3.8) is 0 Å². The van der Waals surface area contributed by atoms with Crippen LogP contribution in [0.25, 0.3) is 0 Å². The average molecular weight is 371 g/mol. The van der Waals surface area contributed by atoms with Crippen LogP contribution in [-0.2, 0) is 6.42 Å². The minimum Gasteiger partial charge on any atom is -0.497 e.